The van der Waals surface area contributed by atoms with Gasteiger partial charge in [0.1, 0.15) is 0 Å². The molecule has 0 aliphatic rings. The second-order valence-corrected chi connectivity index (χ2v) is 4.74. The average Bonchev–Trinajstić information content (AvgIpc) is 2.62. The molecule has 0 unspecified atom stereocenters. The van der Waals surface area contributed by atoms with Crippen molar-refractivity contribution in [2.24, 2.45) is 10.4 Å². The average molecular weight is 340 g/mol. The molecule has 25 heavy (non-hydrogen) atoms. The van der Waals surface area contributed by atoms with Gasteiger partial charge in [0.05, 0.1) is 11.5 Å². The SMILES string of the molecule is O=NNC(=O)C=Cc1cccc(C(=O)NN=Cc2cc[n+](O)cc2)c1. The van der Waals surface area contributed by atoms with Crippen LogP contribution in [0.15, 0.2) is 65.3 Å². The van der Waals surface area contributed by atoms with Crippen LogP contribution in [-0.2, 0) is 4.79 Å². The van der Waals surface area contributed by atoms with Crippen molar-refractivity contribution in [3.8, 4) is 0 Å². The van der Waals surface area contributed by atoms with E-state index < -0.39 is 11.8 Å². The van der Waals surface area contributed by atoms with Gasteiger partial charge in [-0.25, -0.2) is 10.9 Å². The molecule has 0 aliphatic carbocycles. The standard InChI is InChI=1S/C16H13N5O4/c22-15(18-20-24)5-4-12-2-1-3-14(10-12)16(23)19-17-11-13-6-8-21(25)9-7-13/h1-11,25H,(H,18,22,24)/p+1. The Bertz CT molecular complexity index is 831. The van der Waals surface area contributed by atoms with E-state index in [9.17, 15) is 14.5 Å². The van der Waals surface area contributed by atoms with Gasteiger partial charge in [-0.1, -0.05) is 12.1 Å². The number of rotatable bonds is 6. The molecule has 3 N–H and O–H groups in total. The molecule has 1 aromatic heterocycles. The van der Waals surface area contributed by atoms with E-state index in [0.717, 1.165) is 10.8 Å². The lowest BCUT2D eigenvalue weighted by Gasteiger charge is -2.01. The Balaban J connectivity index is 1.99. The summed E-state index contributed by atoms with van der Waals surface area (Å²) in [5.41, 5.74) is 5.73. The predicted molar refractivity (Wildman–Crippen MR) is 88.3 cm³/mol. The number of carbonyl (C=O) groups excluding carboxylic acids is 2. The largest absolute Gasteiger partial charge is 0.285 e. The predicted octanol–water partition coefficient (Wildman–Crippen LogP) is 0.786. The lowest BCUT2D eigenvalue weighted by Crippen LogP contribution is -2.28. The van der Waals surface area contributed by atoms with Crippen molar-refractivity contribution in [2.45, 2.75) is 0 Å². The van der Waals surface area contributed by atoms with Gasteiger partial charge < -0.3 is 0 Å². The first-order valence-electron chi connectivity index (χ1n) is 7.03. The minimum Gasteiger partial charge on any atom is -0.285 e. The van der Waals surface area contributed by atoms with Crippen LogP contribution in [0.2, 0.25) is 0 Å². The van der Waals surface area contributed by atoms with E-state index in [-0.39, 0.29) is 0 Å². The highest BCUT2D eigenvalue weighted by Crippen LogP contribution is 2.07. The van der Waals surface area contributed by atoms with E-state index in [2.05, 4.69) is 15.8 Å². The van der Waals surface area contributed by atoms with Gasteiger partial charge in [-0.05, 0) is 23.8 Å². The first kappa shape index (κ1) is 17.5. The Kier molecular flexibility index (Phi) is 6.06. The molecule has 0 fully saturated rings. The Morgan fingerprint density at radius 3 is 2.56 bits per heavy atom. The molecule has 0 saturated heterocycles. The van der Waals surface area contributed by atoms with Gasteiger partial charge in [-0.2, -0.15) is 5.10 Å². The van der Waals surface area contributed by atoms with Gasteiger partial charge in [0.2, 0.25) is 12.4 Å². The van der Waals surface area contributed by atoms with E-state index in [4.69, 9.17) is 5.21 Å². The third-order valence-corrected chi connectivity index (χ3v) is 2.95. The van der Waals surface area contributed by atoms with E-state index >= 15 is 0 Å². The summed E-state index contributed by atoms with van der Waals surface area (Å²) in [5, 5.41) is 15.2. The molecule has 2 aromatic rings. The van der Waals surface area contributed by atoms with Crippen molar-refractivity contribution in [1.29, 1.82) is 0 Å². The van der Waals surface area contributed by atoms with Gasteiger partial charge >= 0.3 is 0 Å². The number of hydrazone groups is 1. The molecule has 9 heteroatoms. The van der Waals surface area contributed by atoms with Gasteiger partial charge in [-0.3, -0.25) is 14.8 Å². The smallest absolute Gasteiger partial charge is 0.271 e. The zero-order valence-electron chi connectivity index (χ0n) is 12.9. The first-order valence-corrected chi connectivity index (χ1v) is 7.03. The van der Waals surface area contributed by atoms with Crippen LogP contribution in [0.1, 0.15) is 21.5 Å². The second kappa shape index (κ2) is 8.67. The molecule has 1 heterocycles. The lowest BCUT2D eigenvalue weighted by atomic mass is 10.1. The molecule has 0 aliphatic heterocycles. The van der Waals surface area contributed by atoms with Crippen molar-refractivity contribution < 1.29 is 19.5 Å². The van der Waals surface area contributed by atoms with Crippen LogP contribution in [0.4, 0.5) is 0 Å². The van der Waals surface area contributed by atoms with E-state index in [1.807, 2.05) is 0 Å². The fourth-order valence-corrected chi connectivity index (χ4v) is 1.78. The number of amides is 2. The van der Waals surface area contributed by atoms with Gasteiger partial charge in [0.15, 0.2) is 0 Å². The number of hydrogen-bond donors (Lipinski definition) is 3. The molecule has 0 atom stereocenters. The highest BCUT2D eigenvalue weighted by atomic mass is 16.5. The molecular formula is C16H14N5O4+. The number of benzene rings is 1. The van der Waals surface area contributed by atoms with Crippen molar-refractivity contribution in [2.75, 3.05) is 0 Å². The number of pyridine rings is 1. The summed E-state index contributed by atoms with van der Waals surface area (Å²) in [6, 6.07) is 9.70. The van der Waals surface area contributed by atoms with E-state index in [1.165, 1.54) is 24.7 Å². The van der Waals surface area contributed by atoms with Crippen LogP contribution in [0.5, 0.6) is 0 Å². The lowest BCUT2D eigenvalue weighted by molar-refractivity contribution is -0.904. The minimum absolute atomic E-state index is 0.342. The van der Waals surface area contributed by atoms with E-state index in [1.54, 1.807) is 41.8 Å². The van der Waals surface area contributed by atoms with Gasteiger partial charge in [0, 0.05) is 34.1 Å². The maximum absolute atomic E-state index is 12.1. The summed E-state index contributed by atoms with van der Waals surface area (Å²) in [6.45, 7) is 0. The molecular weight excluding hydrogens is 326 g/mol. The Labute approximate surface area is 142 Å². The van der Waals surface area contributed by atoms with Crippen molar-refractivity contribution in [3.05, 3.63) is 76.5 Å². The fraction of sp³-hybridized carbons (Fsp3) is 0. The number of aromatic nitrogens is 1. The van der Waals surface area contributed by atoms with Crippen LogP contribution in [0, 0.1) is 4.91 Å². The molecule has 9 nitrogen and oxygen atoms in total. The molecule has 0 spiro atoms. The zero-order chi connectivity index (χ0) is 18.1. The van der Waals surface area contributed by atoms with Crippen molar-refractivity contribution in [1.82, 2.24) is 10.9 Å². The third kappa shape index (κ3) is 5.67. The molecule has 126 valence electrons. The molecule has 1 aromatic carbocycles. The van der Waals surface area contributed by atoms with Crippen molar-refractivity contribution in [3.63, 3.8) is 0 Å². The maximum atomic E-state index is 12.1. The third-order valence-electron chi connectivity index (χ3n) is 2.95. The summed E-state index contributed by atoms with van der Waals surface area (Å²) in [5.74, 6) is -1.10. The molecule has 0 saturated carbocycles. The quantitative estimate of drug-likeness (QED) is 0.179. The summed E-state index contributed by atoms with van der Waals surface area (Å²) in [4.78, 5) is 33.1. The maximum Gasteiger partial charge on any atom is 0.271 e. The molecule has 0 bridgehead atoms. The fourth-order valence-electron chi connectivity index (χ4n) is 1.78. The number of carbonyl (C=O) groups is 2. The first-order chi connectivity index (χ1) is 12.1. The van der Waals surface area contributed by atoms with Crippen LogP contribution in [0.3, 0.4) is 0 Å². The molecule has 0 radical (unpaired) electrons. The number of nitrogens with zero attached hydrogens (tertiary/aromatic N) is 3. The molecule has 2 rings (SSSR count). The van der Waals surface area contributed by atoms with Crippen molar-refractivity contribution >= 4 is 24.1 Å². The van der Waals surface area contributed by atoms with Gasteiger partial charge in [-0.15, -0.1) is 4.91 Å². The Morgan fingerprint density at radius 2 is 1.84 bits per heavy atom. The van der Waals surface area contributed by atoms with Crippen LogP contribution < -0.4 is 15.6 Å². The highest BCUT2D eigenvalue weighted by molar-refractivity contribution is 5.96. The molecule has 2 amide bonds. The minimum atomic E-state index is -0.665. The summed E-state index contributed by atoms with van der Waals surface area (Å²) < 4.78 is 0.889. The number of nitrogens with one attached hydrogen (secondary N) is 2. The summed E-state index contributed by atoms with van der Waals surface area (Å²) >= 11 is 0. The van der Waals surface area contributed by atoms with Crippen LogP contribution in [-0.4, -0.2) is 23.2 Å². The van der Waals surface area contributed by atoms with Crippen LogP contribution >= 0.6 is 0 Å². The second-order valence-electron chi connectivity index (χ2n) is 4.74. The summed E-state index contributed by atoms with van der Waals surface area (Å²) in [7, 11) is 0. The van der Waals surface area contributed by atoms with E-state index in [0.29, 0.717) is 16.7 Å². The van der Waals surface area contributed by atoms with Gasteiger partial charge in [0.25, 0.3) is 11.8 Å². The Morgan fingerprint density at radius 1 is 1.08 bits per heavy atom. The summed E-state index contributed by atoms with van der Waals surface area (Å²) in [6.07, 6.45) is 6.84. The highest BCUT2D eigenvalue weighted by Gasteiger charge is 2.04. The monoisotopic (exact) mass is 340 g/mol. The van der Waals surface area contributed by atoms with Crippen LogP contribution in [0.25, 0.3) is 6.08 Å². The number of nitroso groups, excluding NO2 is 1. The zero-order valence-corrected chi connectivity index (χ0v) is 12.9. The number of hydrogen-bond acceptors (Lipinski definition) is 6. The topological polar surface area (TPSA) is 124 Å². The normalized spacial score (nSPS) is 10.7. The Hall–Kier alpha value is -3.88.